The summed E-state index contributed by atoms with van der Waals surface area (Å²) >= 11 is 0. The van der Waals surface area contributed by atoms with E-state index < -0.39 is 0 Å². The van der Waals surface area contributed by atoms with Crippen LogP contribution in [-0.4, -0.2) is 29.4 Å². The van der Waals surface area contributed by atoms with Crippen molar-refractivity contribution in [2.75, 3.05) is 19.6 Å². The van der Waals surface area contributed by atoms with Gasteiger partial charge in [-0.05, 0) is 38.9 Å². The van der Waals surface area contributed by atoms with Crippen molar-refractivity contribution in [3.8, 4) is 0 Å². The Morgan fingerprint density at radius 1 is 1.12 bits per heavy atom. The normalized spacial score (nSPS) is 22.0. The molecule has 0 radical (unpaired) electrons. The summed E-state index contributed by atoms with van der Waals surface area (Å²) < 4.78 is 2.12. The molecule has 0 unspecified atom stereocenters. The molecule has 3 N–H and O–H groups in total. The average Bonchev–Trinajstić information content (AvgIpc) is 2.69. The molecule has 3 heterocycles. The monoisotopic (exact) mass is 222 g/mol. The highest BCUT2D eigenvalue weighted by atomic mass is 16.1. The van der Waals surface area contributed by atoms with Gasteiger partial charge in [-0.25, -0.2) is 0 Å². The SMILES string of the molecule is O=c1[nH]n(C2CCNCC2)c2c1CCNC2. The van der Waals surface area contributed by atoms with Crippen LogP contribution >= 0.6 is 0 Å². The maximum Gasteiger partial charge on any atom is 0.267 e. The van der Waals surface area contributed by atoms with E-state index in [0.29, 0.717) is 6.04 Å². The zero-order chi connectivity index (χ0) is 11.0. The lowest BCUT2D eigenvalue weighted by molar-refractivity contribution is 0.330. The van der Waals surface area contributed by atoms with Gasteiger partial charge in [0.2, 0.25) is 0 Å². The van der Waals surface area contributed by atoms with Crippen molar-refractivity contribution in [1.82, 2.24) is 20.4 Å². The standard InChI is InChI=1S/C11H18N4O/c16-11-9-3-6-13-7-10(9)15(14-11)8-1-4-12-5-2-8/h8,12-13H,1-7H2,(H,14,16). The van der Waals surface area contributed by atoms with Gasteiger partial charge in [0.1, 0.15) is 0 Å². The van der Waals surface area contributed by atoms with Gasteiger partial charge >= 0.3 is 0 Å². The Morgan fingerprint density at radius 3 is 2.75 bits per heavy atom. The third-order valence-electron chi connectivity index (χ3n) is 3.65. The number of fused-ring (bicyclic) bond motifs is 1. The van der Waals surface area contributed by atoms with Crippen molar-refractivity contribution in [1.29, 1.82) is 0 Å². The zero-order valence-corrected chi connectivity index (χ0v) is 9.38. The molecule has 1 aromatic rings. The number of aromatic amines is 1. The maximum atomic E-state index is 11.8. The van der Waals surface area contributed by atoms with Crippen LogP contribution < -0.4 is 16.2 Å². The van der Waals surface area contributed by atoms with Gasteiger partial charge in [0.05, 0.1) is 11.7 Å². The fourth-order valence-corrected chi connectivity index (χ4v) is 2.77. The molecule has 1 fully saturated rings. The largest absolute Gasteiger partial charge is 0.317 e. The predicted octanol–water partition coefficient (Wildman–Crippen LogP) is -0.253. The van der Waals surface area contributed by atoms with E-state index in [1.807, 2.05) is 0 Å². The number of hydrogen-bond donors (Lipinski definition) is 3. The zero-order valence-electron chi connectivity index (χ0n) is 9.38. The van der Waals surface area contributed by atoms with Crippen LogP contribution in [0.5, 0.6) is 0 Å². The Morgan fingerprint density at radius 2 is 1.94 bits per heavy atom. The lowest BCUT2D eigenvalue weighted by Crippen LogP contribution is -2.32. The van der Waals surface area contributed by atoms with E-state index in [9.17, 15) is 4.79 Å². The van der Waals surface area contributed by atoms with Crippen molar-refractivity contribution in [3.63, 3.8) is 0 Å². The summed E-state index contributed by atoms with van der Waals surface area (Å²) in [6, 6.07) is 0.470. The first-order valence-corrected chi connectivity index (χ1v) is 6.10. The molecule has 0 spiro atoms. The Kier molecular flexibility index (Phi) is 2.57. The first-order valence-electron chi connectivity index (χ1n) is 6.10. The molecule has 1 aromatic heterocycles. The summed E-state index contributed by atoms with van der Waals surface area (Å²) in [7, 11) is 0. The van der Waals surface area contributed by atoms with Crippen LogP contribution in [0.2, 0.25) is 0 Å². The first-order chi connectivity index (χ1) is 7.86. The molecule has 5 heteroatoms. The molecule has 0 bridgehead atoms. The third-order valence-corrected chi connectivity index (χ3v) is 3.65. The Hall–Kier alpha value is -1.07. The van der Waals surface area contributed by atoms with Gasteiger partial charge < -0.3 is 10.6 Å². The molecular formula is C11H18N4O. The number of rotatable bonds is 1. The van der Waals surface area contributed by atoms with Crippen LogP contribution in [0.1, 0.15) is 30.1 Å². The molecule has 0 aromatic carbocycles. The van der Waals surface area contributed by atoms with Crippen LogP contribution in [0, 0.1) is 0 Å². The van der Waals surface area contributed by atoms with Crippen LogP contribution in [0.4, 0.5) is 0 Å². The number of hydrogen-bond acceptors (Lipinski definition) is 3. The molecule has 2 aliphatic heterocycles. The molecular weight excluding hydrogens is 204 g/mol. The molecule has 1 saturated heterocycles. The fraction of sp³-hybridized carbons (Fsp3) is 0.727. The first kappa shape index (κ1) is 10.1. The van der Waals surface area contributed by atoms with E-state index >= 15 is 0 Å². The van der Waals surface area contributed by atoms with Crippen molar-refractivity contribution in [2.45, 2.75) is 31.8 Å². The van der Waals surface area contributed by atoms with E-state index in [-0.39, 0.29) is 5.56 Å². The van der Waals surface area contributed by atoms with E-state index in [0.717, 1.165) is 51.0 Å². The lowest BCUT2D eigenvalue weighted by atomic mass is 10.0. The summed E-state index contributed by atoms with van der Waals surface area (Å²) in [5.74, 6) is 0. The molecule has 0 aliphatic carbocycles. The van der Waals surface area contributed by atoms with E-state index in [1.165, 1.54) is 5.69 Å². The molecule has 16 heavy (non-hydrogen) atoms. The van der Waals surface area contributed by atoms with Gasteiger partial charge in [0, 0.05) is 12.1 Å². The summed E-state index contributed by atoms with van der Waals surface area (Å²) in [5.41, 5.74) is 2.30. The quantitative estimate of drug-likeness (QED) is 0.614. The van der Waals surface area contributed by atoms with Crippen LogP contribution in [-0.2, 0) is 13.0 Å². The summed E-state index contributed by atoms with van der Waals surface area (Å²) in [4.78, 5) is 11.8. The third kappa shape index (κ3) is 1.60. The van der Waals surface area contributed by atoms with Gasteiger partial charge in [-0.2, -0.15) is 0 Å². The van der Waals surface area contributed by atoms with E-state index in [2.05, 4.69) is 20.4 Å². The fourth-order valence-electron chi connectivity index (χ4n) is 2.77. The van der Waals surface area contributed by atoms with Crippen molar-refractivity contribution >= 4 is 0 Å². The van der Waals surface area contributed by atoms with Crippen molar-refractivity contribution in [3.05, 3.63) is 21.6 Å². The molecule has 0 saturated carbocycles. The maximum absolute atomic E-state index is 11.8. The molecule has 5 nitrogen and oxygen atoms in total. The molecule has 3 rings (SSSR count). The van der Waals surface area contributed by atoms with Gasteiger partial charge in [-0.1, -0.05) is 0 Å². The molecule has 2 aliphatic rings. The lowest BCUT2D eigenvalue weighted by Gasteiger charge is -2.26. The molecule has 0 amide bonds. The molecule has 88 valence electrons. The number of piperidine rings is 1. The number of H-pyrrole nitrogens is 1. The minimum absolute atomic E-state index is 0.120. The Bertz CT molecular complexity index is 428. The predicted molar refractivity (Wildman–Crippen MR) is 61.6 cm³/mol. The van der Waals surface area contributed by atoms with Gasteiger partial charge in [-0.15, -0.1) is 0 Å². The highest BCUT2D eigenvalue weighted by molar-refractivity contribution is 5.21. The van der Waals surface area contributed by atoms with Gasteiger partial charge in [-0.3, -0.25) is 14.6 Å². The summed E-state index contributed by atoms with van der Waals surface area (Å²) in [5, 5.41) is 9.71. The average molecular weight is 222 g/mol. The minimum atomic E-state index is 0.120. The highest BCUT2D eigenvalue weighted by Gasteiger charge is 2.23. The second-order valence-corrected chi connectivity index (χ2v) is 4.64. The van der Waals surface area contributed by atoms with Crippen LogP contribution in [0.3, 0.4) is 0 Å². The number of nitrogens with zero attached hydrogens (tertiary/aromatic N) is 1. The minimum Gasteiger partial charge on any atom is -0.317 e. The van der Waals surface area contributed by atoms with Crippen LogP contribution in [0.25, 0.3) is 0 Å². The summed E-state index contributed by atoms with van der Waals surface area (Å²) in [6.45, 7) is 3.85. The smallest absolute Gasteiger partial charge is 0.267 e. The highest BCUT2D eigenvalue weighted by Crippen LogP contribution is 2.21. The van der Waals surface area contributed by atoms with E-state index in [1.54, 1.807) is 0 Å². The van der Waals surface area contributed by atoms with E-state index in [4.69, 9.17) is 0 Å². The van der Waals surface area contributed by atoms with Gasteiger partial charge in [0.25, 0.3) is 5.56 Å². The second-order valence-electron chi connectivity index (χ2n) is 4.64. The van der Waals surface area contributed by atoms with Gasteiger partial charge in [0.15, 0.2) is 0 Å². The Labute approximate surface area is 94.2 Å². The van der Waals surface area contributed by atoms with Crippen molar-refractivity contribution in [2.24, 2.45) is 0 Å². The summed E-state index contributed by atoms with van der Waals surface area (Å²) in [6.07, 6.45) is 3.08. The number of aromatic nitrogens is 2. The molecule has 0 atom stereocenters. The van der Waals surface area contributed by atoms with Crippen LogP contribution in [0.15, 0.2) is 4.79 Å². The number of nitrogens with one attached hydrogen (secondary N) is 3. The Balaban J connectivity index is 1.97. The topological polar surface area (TPSA) is 61.9 Å². The van der Waals surface area contributed by atoms with Crippen molar-refractivity contribution < 1.29 is 0 Å². The second kappa shape index (κ2) is 4.07.